The van der Waals surface area contributed by atoms with Gasteiger partial charge >= 0.3 is 0 Å². The predicted octanol–water partition coefficient (Wildman–Crippen LogP) is 2.44. The zero-order chi connectivity index (χ0) is 20.5. The molecule has 29 heavy (non-hydrogen) atoms. The summed E-state index contributed by atoms with van der Waals surface area (Å²) >= 11 is 0. The molecule has 8 heteroatoms. The molecule has 1 unspecified atom stereocenters. The maximum atomic E-state index is 13.0. The first-order valence-corrected chi connectivity index (χ1v) is 9.34. The van der Waals surface area contributed by atoms with Crippen molar-refractivity contribution in [2.75, 3.05) is 5.32 Å². The van der Waals surface area contributed by atoms with Crippen molar-refractivity contribution in [1.29, 1.82) is 0 Å². The van der Waals surface area contributed by atoms with Crippen molar-refractivity contribution in [2.45, 2.75) is 26.3 Å². The number of aromatic amines is 1. The summed E-state index contributed by atoms with van der Waals surface area (Å²) in [7, 11) is 1.83. The molecule has 148 valence electrons. The van der Waals surface area contributed by atoms with Gasteiger partial charge in [0.25, 0.3) is 0 Å². The number of anilines is 1. The van der Waals surface area contributed by atoms with Gasteiger partial charge in [0, 0.05) is 42.9 Å². The molecule has 4 rings (SSSR count). The van der Waals surface area contributed by atoms with Crippen LogP contribution in [0.1, 0.15) is 18.2 Å². The minimum Gasteiger partial charge on any atom is -0.361 e. The average Bonchev–Trinajstić information content (AvgIpc) is 3.22. The normalized spacial score (nSPS) is 12.2. The van der Waals surface area contributed by atoms with Crippen LogP contribution in [0, 0.1) is 6.92 Å². The number of hydrogen-bond acceptors (Lipinski definition) is 4. The van der Waals surface area contributed by atoms with E-state index in [-0.39, 0.29) is 11.8 Å². The van der Waals surface area contributed by atoms with Crippen LogP contribution in [0.25, 0.3) is 21.9 Å². The van der Waals surface area contributed by atoms with E-state index in [0.29, 0.717) is 12.1 Å². The Hall–Kier alpha value is -3.68. The Labute approximate surface area is 167 Å². The van der Waals surface area contributed by atoms with Crippen LogP contribution in [0.5, 0.6) is 0 Å². The second kappa shape index (κ2) is 7.38. The van der Waals surface area contributed by atoms with E-state index in [4.69, 9.17) is 0 Å². The number of para-hydroxylation sites is 1. The van der Waals surface area contributed by atoms with Gasteiger partial charge < -0.3 is 15.6 Å². The number of fused-ring (bicyclic) bond motifs is 2. The van der Waals surface area contributed by atoms with Gasteiger partial charge in [-0.3, -0.25) is 14.3 Å². The van der Waals surface area contributed by atoms with Gasteiger partial charge in [-0.2, -0.15) is 5.10 Å². The van der Waals surface area contributed by atoms with Crippen molar-refractivity contribution in [1.82, 2.24) is 25.1 Å². The number of H-pyrrole nitrogens is 1. The highest BCUT2D eigenvalue weighted by Crippen LogP contribution is 2.21. The Morgan fingerprint density at radius 1 is 1.24 bits per heavy atom. The molecule has 0 aliphatic heterocycles. The first kappa shape index (κ1) is 18.7. The zero-order valence-corrected chi connectivity index (χ0v) is 16.5. The molecule has 0 bridgehead atoms. The van der Waals surface area contributed by atoms with Gasteiger partial charge in [0.15, 0.2) is 5.65 Å². The summed E-state index contributed by atoms with van der Waals surface area (Å²) in [6.07, 6.45) is 3.84. The Kier molecular flexibility index (Phi) is 4.75. The number of rotatable bonds is 5. The highest BCUT2D eigenvalue weighted by Gasteiger charge is 2.22. The third-order valence-corrected chi connectivity index (χ3v) is 4.92. The number of aryl methyl sites for hydroxylation is 2. The van der Waals surface area contributed by atoms with E-state index in [9.17, 15) is 9.59 Å². The summed E-state index contributed by atoms with van der Waals surface area (Å²) in [6, 6.07) is 9.00. The number of nitrogens with zero attached hydrogens (tertiary/aromatic N) is 3. The quantitative estimate of drug-likeness (QED) is 0.487. The molecule has 1 aromatic carbocycles. The lowest BCUT2D eigenvalue weighted by Crippen LogP contribution is -2.44. The highest BCUT2D eigenvalue weighted by molar-refractivity contribution is 5.98. The number of benzene rings is 1. The summed E-state index contributed by atoms with van der Waals surface area (Å²) < 4.78 is 1.70. The Bertz CT molecular complexity index is 1220. The Morgan fingerprint density at radius 3 is 2.83 bits per heavy atom. The second-order valence-corrected chi connectivity index (χ2v) is 7.11. The molecule has 2 amide bonds. The largest absolute Gasteiger partial charge is 0.361 e. The van der Waals surface area contributed by atoms with E-state index in [2.05, 4.69) is 25.7 Å². The Balaban J connectivity index is 1.59. The maximum Gasteiger partial charge on any atom is 0.247 e. The predicted molar refractivity (Wildman–Crippen MR) is 111 cm³/mol. The molecule has 3 aromatic heterocycles. The maximum absolute atomic E-state index is 13.0. The fourth-order valence-electron chi connectivity index (χ4n) is 3.58. The van der Waals surface area contributed by atoms with Gasteiger partial charge in [0.1, 0.15) is 6.04 Å². The lowest BCUT2D eigenvalue weighted by atomic mass is 10.0. The first-order chi connectivity index (χ1) is 13.9. The molecule has 0 aliphatic rings. The minimum atomic E-state index is -0.711. The molecular formula is C21H22N6O2. The molecule has 0 spiro atoms. The van der Waals surface area contributed by atoms with E-state index < -0.39 is 6.04 Å². The molecule has 0 radical (unpaired) electrons. The van der Waals surface area contributed by atoms with Crippen molar-refractivity contribution >= 4 is 39.4 Å². The average molecular weight is 390 g/mol. The van der Waals surface area contributed by atoms with E-state index in [1.165, 1.54) is 6.92 Å². The third kappa shape index (κ3) is 3.69. The van der Waals surface area contributed by atoms with Crippen LogP contribution in [0.4, 0.5) is 5.69 Å². The number of carbonyl (C=O) groups excluding carboxylic acids is 2. The van der Waals surface area contributed by atoms with Crippen LogP contribution >= 0.6 is 0 Å². The number of nitrogens with one attached hydrogen (secondary N) is 3. The van der Waals surface area contributed by atoms with Crippen LogP contribution in [0.15, 0.2) is 42.7 Å². The monoisotopic (exact) mass is 390 g/mol. The molecule has 3 heterocycles. The van der Waals surface area contributed by atoms with Crippen LogP contribution < -0.4 is 10.6 Å². The Morgan fingerprint density at radius 2 is 2.03 bits per heavy atom. The number of hydrogen-bond donors (Lipinski definition) is 3. The highest BCUT2D eigenvalue weighted by atomic mass is 16.2. The van der Waals surface area contributed by atoms with Crippen molar-refractivity contribution in [3.05, 3.63) is 54.0 Å². The van der Waals surface area contributed by atoms with Gasteiger partial charge in [-0.05, 0) is 24.6 Å². The molecule has 0 aliphatic carbocycles. The summed E-state index contributed by atoms with van der Waals surface area (Å²) in [6.45, 7) is 3.30. The van der Waals surface area contributed by atoms with Crippen LogP contribution in [-0.4, -0.2) is 37.6 Å². The van der Waals surface area contributed by atoms with Crippen LogP contribution in [-0.2, 0) is 23.1 Å². The standard InChI is InChI=1S/C21H22N6O2/c1-12-17-9-15(11-23-20(17)27(3)26-12)25-21(29)19(24-13(2)28)8-14-10-22-18-7-5-4-6-16(14)18/h4-7,9-11,19,22H,8H2,1-3H3,(H,24,28)(H,25,29). The molecular weight excluding hydrogens is 368 g/mol. The van der Waals surface area contributed by atoms with Crippen molar-refractivity contribution < 1.29 is 9.59 Å². The van der Waals surface area contributed by atoms with Gasteiger partial charge in [0.05, 0.1) is 17.6 Å². The summed E-state index contributed by atoms with van der Waals surface area (Å²) in [5.74, 6) is -0.560. The summed E-state index contributed by atoms with van der Waals surface area (Å²) in [5.41, 5.74) is 4.10. The lowest BCUT2D eigenvalue weighted by Gasteiger charge is -2.17. The SMILES string of the molecule is CC(=O)NC(Cc1c[nH]c2ccccc12)C(=O)Nc1cnc2c(c1)c(C)nn2C. The molecule has 0 fully saturated rings. The lowest BCUT2D eigenvalue weighted by molar-refractivity contribution is -0.125. The van der Waals surface area contributed by atoms with Crippen molar-refractivity contribution in [3.63, 3.8) is 0 Å². The van der Waals surface area contributed by atoms with Gasteiger partial charge in [-0.1, -0.05) is 18.2 Å². The molecule has 0 saturated carbocycles. The minimum absolute atomic E-state index is 0.262. The zero-order valence-electron chi connectivity index (χ0n) is 16.5. The van der Waals surface area contributed by atoms with Crippen LogP contribution in [0.2, 0.25) is 0 Å². The third-order valence-electron chi connectivity index (χ3n) is 4.92. The van der Waals surface area contributed by atoms with E-state index >= 15 is 0 Å². The fourth-order valence-corrected chi connectivity index (χ4v) is 3.58. The smallest absolute Gasteiger partial charge is 0.247 e. The summed E-state index contributed by atoms with van der Waals surface area (Å²) in [5, 5.41) is 11.9. The number of pyridine rings is 1. The summed E-state index contributed by atoms with van der Waals surface area (Å²) in [4.78, 5) is 32.2. The van der Waals surface area contributed by atoms with Gasteiger partial charge in [-0.15, -0.1) is 0 Å². The van der Waals surface area contributed by atoms with Crippen LogP contribution in [0.3, 0.4) is 0 Å². The van der Waals surface area contributed by atoms with Crippen molar-refractivity contribution in [2.24, 2.45) is 7.05 Å². The van der Waals surface area contributed by atoms with Gasteiger partial charge in [-0.25, -0.2) is 4.98 Å². The number of amides is 2. The molecule has 0 saturated heterocycles. The van der Waals surface area contributed by atoms with E-state index in [1.54, 1.807) is 10.9 Å². The number of aromatic nitrogens is 4. The van der Waals surface area contributed by atoms with E-state index in [1.807, 2.05) is 50.5 Å². The topological polar surface area (TPSA) is 105 Å². The molecule has 3 N–H and O–H groups in total. The second-order valence-electron chi connectivity index (χ2n) is 7.11. The molecule has 4 aromatic rings. The fraction of sp³-hybridized carbons (Fsp3) is 0.238. The number of carbonyl (C=O) groups is 2. The molecule has 1 atom stereocenters. The first-order valence-electron chi connectivity index (χ1n) is 9.34. The van der Waals surface area contributed by atoms with E-state index in [0.717, 1.165) is 33.2 Å². The molecule has 8 nitrogen and oxygen atoms in total. The van der Waals surface area contributed by atoms with Crippen molar-refractivity contribution in [3.8, 4) is 0 Å². The van der Waals surface area contributed by atoms with Gasteiger partial charge in [0.2, 0.25) is 11.8 Å².